The van der Waals surface area contributed by atoms with Gasteiger partial charge in [-0.3, -0.25) is 9.59 Å². The van der Waals surface area contributed by atoms with Crippen molar-refractivity contribution in [1.29, 1.82) is 0 Å². The van der Waals surface area contributed by atoms with Crippen molar-refractivity contribution in [3.05, 3.63) is 59.2 Å². The third-order valence-electron chi connectivity index (χ3n) is 4.73. The molecule has 2 aromatic carbocycles. The van der Waals surface area contributed by atoms with E-state index in [4.69, 9.17) is 9.47 Å². The Morgan fingerprint density at radius 3 is 2.07 bits per heavy atom. The molecule has 0 fully saturated rings. The van der Waals surface area contributed by atoms with Gasteiger partial charge in [-0.25, -0.2) is 0 Å². The molecular formula is C23H24O6. The number of rotatable bonds is 6. The van der Waals surface area contributed by atoms with Gasteiger partial charge in [0, 0.05) is 11.6 Å². The van der Waals surface area contributed by atoms with Crippen molar-refractivity contribution in [3.8, 4) is 23.0 Å². The van der Waals surface area contributed by atoms with E-state index >= 15 is 0 Å². The van der Waals surface area contributed by atoms with Gasteiger partial charge in [0.25, 0.3) is 0 Å². The first-order valence-corrected chi connectivity index (χ1v) is 9.71. The van der Waals surface area contributed by atoms with Crippen LogP contribution in [0.1, 0.15) is 58.9 Å². The summed E-state index contributed by atoms with van der Waals surface area (Å²) in [4.78, 5) is 22.6. The Bertz CT molecular complexity index is 902. The van der Waals surface area contributed by atoms with Crippen LogP contribution in [0.2, 0.25) is 0 Å². The van der Waals surface area contributed by atoms with Crippen LogP contribution in [0.5, 0.6) is 23.0 Å². The number of carbonyl (C=O) groups excluding carboxylic acids is 2. The number of fused-ring (bicyclic) bond motifs is 4. The Labute approximate surface area is 169 Å². The Morgan fingerprint density at radius 2 is 1.59 bits per heavy atom. The van der Waals surface area contributed by atoms with E-state index in [2.05, 4.69) is 13.0 Å². The Balaban J connectivity index is 0.000000166. The van der Waals surface area contributed by atoms with Gasteiger partial charge in [0.2, 0.25) is 0 Å². The second-order valence-electron chi connectivity index (χ2n) is 6.88. The van der Waals surface area contributed by atoms with E-state index in [1.54, 1.807) is 0 Å². The molecule has 6 heteroatoms. The highest BCUT2D eigenvalue weighted by Crippen LogP contribution is 2.32. The van der Waals surface area contributed by atoms with E-state index in [1.165, 1.54) is 37.0 Å². The van der Waals surface area contributed by atoms with Crippen LogP contribution in [0.3, 0.4) is 0 Å². The summed E-state index contributed by atoms with van der Waals surface area (Å²) in [7, 11) is 0. The number of aromatic hydroxyl groups is 2. The summed E-state index contributed by atoms with van der Waals surface area (Å²) in [5.74, 6) is 0.394. The summed E-state index contributed by atoms with van der Waals surface area (Å²) in [5.41, 5.74) is 0.912. The molecule has 2 N–H and O–H groups in total. The summed E-state index contributed by atoms with van der Waals surface area (Å²) in [6.07, 6.45) is 7.14. The van der Waals surface area contributed by atoms with Gasteiger partial charge in [-0.1, -0.05) is 26.2 Å². The van der Waals surface area contributed by atoms with Gasteiger partial charge < -0.3 is 19.7 Å². The number of benzene rings is 2. The van der Waals surface area contributed by atoms with Crippen molar-refractivity contribution in [2.45, 2.75) is 39.2 Å². The fraction of sp³-hybridized carbons (Fsp3) is 0.304. The number of allylic oxidation sites excluding steroid dienone is 2. The fourth-order valence-electron chi connectivity index (χ4n) is 3.15. The molecule has 152 valence electrons. The third-order valence-corrected chi connectivity index (χ3v) is 4.73. The maximum atomic E-state index is 11.3. The second-order valence-corrected chi connectivity index (χ2v) is 6.88. The van der Waals surface area contributed by atoms with Gasteiger partial charge in [0.05, 0.1) is 17.7 Å². The van der Waals surface area contributed by atoms with Crippen molar-refractivity contribution in [2.75, 3.05) is 6.61 Å². The highest BCUT2D eigenvalue weighted by Gasteiger charge is 2.25. The fourth-order valence-corrected chi connectivity index (χ4v) is 3.15. The van der Waals surface area contributed by atoms with Crippen molar-refractivity contribution >= 4 is 11.6 Å². The molecule has 0 amide bonds. The number of hydrogen-bond donors (Lipinski definition) is 2. The maximum absolute atomic E-state index is 11.3. The maximum Gasteiger partial charge on any atom is 0.190 e. The van der Waals surface area contributed by atoms with Crippen LogP contribution in [0.15, 0.2) is 42.5 Å². The highest BCUT2D eigenvalue weighted by molar-refractivity contribution is 6.24. The monoisotopic (exact) mass is 396 g/mol. The summed E-state index contributed by atoms with van der Waals surface area (Å²) in [6.45, 7) is 3.72. The van der Waals surface area contributed by atoms with Crippen LogP contribution in [0.25, 0.3) is 0 Å². The van der Waals surface area contributed by atoms with E-state index in [-0.39, 0.29) is 22.6 Å². The van der Waals surface area contributed by atoms with E-state index in [9.17, 15) is 19.8 Å². The third kappa shape index (κ3) is 4.77. The zero-order valence-electron chi connectivity index (χ0n) is 16.3. The first-order valence-electron chi connectivity index (χ1n) is 9.71. The Hall–Kier alpha value is -3.28. The van der Waals surface area contributed by atoms with Gasteiger partial charge in [0.1, 0.15) is 29.6 Å². The summed E-state index contributed by atoms with van der Waals surface area (Å²) in [6, 6.07) is 8.42. The van der Waals surface area contributed by atoms with Crippen LogP contribution in [0.4, 0.5) is 0 Å². The largest absolute Gasteiger partial charge is 0.507 e. The van der Waals surface area contributed by atoms with Crippen molar-refractivity contribution < 1.29 is 29.3 Å². The van der Waals surface area contributed by atoms with Crippen LogP contribution < -0.4 is 9.47 Å². The normalized spacial score (nSPS) is 13.4. The average Bonchev–Trinajstić information content (AvgIpc) is 2.74. The predicted octanol–water partition coefficient (Wildman–Crippen LogP) is 4.57. The van der Waals surface area contributed by atoms with E-state index in [1.807, 2.05) is 12.1 Å². The number of phenolic OH excluding ortho intramolecular Hbond substituents is 2. The Kier molecular flexibility index (Phi) is 6.54. The van der Waals surface area contributed by atoms with Crippen LogP contribution >= 0.6 is 0 Å². The van der Waals surface area contributed by atoms with Gasteiger partial charge in [-0.2, -0.15) is 0 Å². The van der Waals surface area contributed by atoms with Gasteiger partial charge in [-0.15, -0.1) is 0 Å². The summed E-state index contributed by atoms with van der Waals surface area (Å²) < 4.78 is 11.1. The molecule has 0 unspecified atom stereocenters. The number of unbranched alkanes of at least 4 members (excludes halogenated alkanes) is 3. The molecule has 0 aromatic heterocycles. The minimum Gasteiger partial charge on any atom is -0.507 e. The van der Waals surface area contributed by atoms with E-state index in [0.29, 0.717) is 6.61 Å². The van der Waals surface area contributed by atoms with Crippen LogP contribution in [-0.4, -0.2) is 28.4 Å². The zero-order valence-corrected chi connectivity index (χ0v) is 16.3. The van der Waals surface area contributed by atoms with Gasteiger partial charge in [0.15, 0.2) is 11.6 Å². The summed E-state index contributed by atoms with van der Waals surface area (Å²) >= 11 is 0. The second kappa shape index (κ2) is 9.28. The zero-order chi connectivity index (χ0) is 20.8. The van der Waals surface area contributed by atoms with E-state index < -0.39 is 11.6 Å². The first kappa shape index (κ1) is 20.5. The SMILES string of the molecule is CCCCCCOc1cc2ccc1CO2.O=C1C=CC(=O)c2c(O)ccc(O)c21. The van der Waals surface area contributed by atoms with Crippen molar-refractivity contribution in [3.63, 3.8) is 0 Å². The lowest BCUT2D eigenvalue weighted by molar-refractivity contribution is 0.0989. The molecule has 0 spiro atoms. The topological polar surface area (TPSA) is 93.1 Å². The van der Waals surface area contributed by atoms with Crippen LogP contribution in [0, 0.1) is 0 Å². The molecule has 0 saturated heterocycles. The quantitative estimate of drug-likeness (QED) is 0.549. The average molecular weight is 396 g/mol. The molecule has 2 aliphatic heterocycles. The molecule has 0 atom stereocenters. The van der Waals surface area contributed by atoms with Gasteiger partial charge >= 0.3 is 0 Å². The smallest absolute Gasteiger partial charge is 0.190 e. The first-order chi connectivity index (χ1) is 14.0. The molecule has 6 nitrogen and oxygen atoms in total. The number of ether oxygens (including phenoxy) is 2. The molecule has 2 heterocycles. The lowest BCUT2D eigenvalue weighted by Crippen LogP contribution is -2.11. The Morgan fingerprint density at radius 1 is 0.931 bits per heavy atom. The van der Waals surface area contributed by atoms with Gasteiger partial charge in [-0.05, 0) is 42.8 Å². The minimum atomic E-state index is -0.479. The molecular weight excluding hydrogens is 372 g/mol. The van der Waals surface area contributed by atoms with Crippen LogP contribution in [-0.2, 0) is 6.61 Å². The summed E-state index contributed by atoms with van der Waals surface area (Å²) in [5, 5.41) is 18.7. The highest BCUT2D eigenvalue weighted by atomic mass is 16.5. The number of phenols is 2. The molecule has 1 aliphatic carbocycles. The van der Waals surface area contributed by atoms with E-state index in [0.717, 1.165) is 36.7 Å². The lowest BCUT2D eigenvalue weighted by Gasteiger charge is -2.18. The predicted molar refractivity (Wildman–Crippen MR) is 108 cm³/mol. The van der Waals surface area contributed by atoms with Crippen molar-refractivity contribution in [1.82, 2.24) is 0 Å². The van der Waals surface area contributed by atoms with Crippen molar-refractivity contribution in [2.24, 2.45) is 0 Å². The molecule has 5 rings (SSSR count). The molecule has 3 aliphatic rings. The lowest BCUT2D eigenvalue weighted by atomic mass is 9.93. The molecule has 0 radical (unpaired) electrons. The minimum absolute atomic E-state index is 0.127. The molecule has 29 heavy (non-hydrogen) atoms. The molecule has 2 bridgehead atoms. The number of hydrogen-bond acceptors (Lipinski definition) is 6. The molecule has 0 saturated carbocycles. The number of ketones is 2. The standard InChI is InChI=1S/C13H18O2.C10H6O4/c1-2-3-4-5-8-14-13-9-12-7-6-11(13)10-15-12;11-5-1-2-6(12)10-8(14)4-3-7(13)9(5)10/h6-7,9H,2-5,8,10H2,1H3;1-4,11-12H. The number of carbonyl (C=O) groups is 2. The molecule has 2 aromatic rings.